The molecule has 32 heavy (non-hydrogen) atoms. The fourth-order valence-electron chi connectivity index (χ4n) is 3.47. The van der Waals surface area contributed by atoms with E-state index in [4.69, 9.17) is 9.47 Å². The Hall–Kier alpha value is -3.11. The summed E-state index contributed by atoms with van der Waals surface area (Å²) in [5, 5.41) is 0. The van der Waals surface area contributed by atoms with Gasteiger partial charge in [0.25, 0.3) is 5.91 Å². The zero-order chi connectivity index (χ0) is 23.3. The molecular weight excluding hydrogens is 434 g/mol. The summed E-state index contributed by atoms with van der Waals surface area (Å²) in [7, 11) is -0.773. The normalized spacial score (nSPS) is 15.2. The molecule has 172 valence electrons. The minimum atomic E-state index is -3.80. The molecule has 1 N–H and O–H groups in total. The first-order valence-electron chi connectivity index (χ1n) is 10.1. The van der Waals surface area contributed by atoms with Gasteiger partial charge in [0.05, 0.1) is 25.2 Å². The van der Waals surface area contributed by atoms with E-state index in [2.05, 4.69) is 4.72 Å². The first-order chi connectivity index (χ1) is 15.2. The van der Waals surface area contributed by atoms with Crippen molar-refractivity contribution in [2.45, 2.75) is 17.9 Å². The molecule has 1 atom stereocenters. The van der Waals surface area contributed by atoms with Crippen molar-refractivity contribution < 1.29 is 27.5 Å². The summed E-state index contributed by atoms with van der Waals surface area (Å²) in [5.74, 6) is 0.508. The number of methoxy groups -OCH3 is 2. The lowest BCUT2D eigenvalue weighted by molar-refractivity contribution is -0.134. The van der Waals surface area contributed by atoms with Crippen LogP contribution in [0.25, 0.3) is 0 Å². The number of benzene rings is 2. The Kier molecular flexibility index (Phi) is 7.37. The van der Waals surface area contributed by atoms with E-state index in [0.29, 0.717) is 43.2 Å². The van der Waals surface area contributed by atoms with Gasteiger partial charge < -0.3 is 19.3 Å². The molecule has 0 saturated carbocycles. The van der Waals surface area contributed by atoms with Crippen molar-refractivity contribution in [2.24, 2.45) is 0 Å². The molecule has 3 rings (SSSR count). The highest BCUT2D eigenvalue weighted by Crippen LogP contribution is 2.24. The minimum Gasteiger partial charge on any atom is -0.497 e. The number of piperazine rings is 1. The van der Waals surface area contributed by atoms with Gasteiger partial charge in [-0.2, -0.15) is 4.72 Å². The zero-order valence-corrected chi connectivity index (χ0v) is 19.1. The van der Waals surface area contributed by atoms with Crippen LogP contribution in [0.3, 0.4) is 0 Å². The van der Waals surface area contributed by atoms with E-state index in [1.54, 1.807) is 46.2 Å². The Bertz CT molecular complexity index is 1040. The van der Waals surface area contributed by atoms with Crippen molar-refractivity contribution >= 4 is 21.8 Å². The fourth-order valence-corrected chi connectivity index (χ4v) is 4.69. The molecule has 10 heteroatoms. The molecule has 9 nitrogen and oxygen atoms in total. The van der Waals surface area contributed by atoms with Gasteiger partial charge in [-0.05, 0) is 31.2 Å². The minimum absolute atomic E-state index is 0.101. The molecule has 1 heterocycles. The standard InChI is InChI=1S/C22H27N3O6S/c1-16(23-32(28,29)20-7-5-4-6-8-20)21(26)24-9-11-25(12-10-24)22(27)17-13-18(30-2)15-19(14-17)31-3/h4-8,13-16,23H,9-12H2,1-3H3/t16-/m0/s1. The summed E-state index contributed by atoms with van der Waals surface area (Å²) in [4.78, 5) is 29.0. The Balaban J connectivity index is 1.60. The quantitative estimate of drug-likeness (QED) is 0.668. The smallest absolute Gasteiger partial charge is 0.254 e. The van der Waals surface area contributed by atoms with Gasteiger partial charge in [-0.3, -0.25) is 9.59 Å². The van der Waals surface area contributed by atoms with Crippen LogP contribution >= 0.6 is 0 Å². The maximum atomic E-state index is 12.9. The highest BCUT2D eigenvalue weighted by Gasteiger charge is 2.30. The number of hydrogen-bond donors (Lipinski definition) is 1. The van der Waals surface area contributed by atoms with Crippen LogP contribution in [0.15, 0.2) is 53.4 Å². The van der Waals surface area contributed by atoms with Gasteiger partial charge in [-0.1, -0.05) is 18.2 Å². The van der Waals surface area contributed by atoms with Crippen molar-refractivity contribution in [1.82, 2.24) is 14.5 Å². The van der Waals surface area contributed by atoms with E-state index in [-0.39, 0.29) is 16.7 Å². The monoisotopic (exact) mass is 461 g/mol. The lowest BCUT2D eigenvalue weighted by atomic mass is 10.1. The molecule has 2 amide bonds. The third-order valence-corrected chi connectivity index (χ3v) is 6.79. The first-order valence-corrected chi connectivity index (χ1v) is 11.6. The van der Waals surface area contributed by atoms with E-state index in [0.717, 1.165) is 0 Å². The molecule has 2 aromatic rings. The van der Waals surface area contributed by atoms with Crippen LogP contribution < -0.4 is 14.2 Å². The summed E-state index contributed by atoms with van der Waals surface area (Å²) in [6, 6.07) is 11.9. The molecule has 1 saturated heterocycles. The third-order valence-electron chi connectivity index (χ3n) is 5.23. The molecule has 0 radical (unpaired) electrons. The molecule has 0 aromatic heterocycles. The number of hydrogen-bond acceptors (Lipinski definition) is 6. The Morgan fingerprint density at radius 3 is 1.97 bits per heavy atom. The zero-order valence-electron chi connectivity index (χ0n) is 18.3. The van der Waals surface area contributed by atoms with Crippen LogP contribution in [0.2, 0.25) is 0 Å². The highest BCUT2D eigenvalue weighted by molar-refractivity contribution is 7.89. The van der Waals surface area contributed by atoms with Gasteiger partial charge in [0, 0.05) is 37.8 Å². The van der Waals surface area contributed by atoms with Crippen molar-refractivity contribution in [2.75, 3.05) is 40.4 Å². The van der Waals surface area contributed by atoms with Crippen LogP contribution in [0.1, 0.15) is 17.3 Å². The Morgan fingerprint density at radius 1 is 0.906 bits per heavy atom. The molecule has 0 spiro atoms. The second-order valence-corrected chi connectivity index (χ2v) is 9.09. The molecular formula is C22H27N3O6S. The second kappa shape index (κ2) is 10.0. The maximum absolute atomic E-state index is 12.9. The van der Waals surface area contributed by atoms with E-state index >= 15 is 0 Å². The number of amides is 2. The van der Waals surface area contributed by atoms with Crippen LogP contribution in [0.4, 0.5) is 0 Å². The lowest BCUT2D eigenvalue weighted by Crippen LogP contribution is -2.55. The number of carbonyl (C=O) groups excluding carboxylic acids is 2. The van der Waals surface area contributed by atoms with Crippen LogP contribution in [0, 0.1) is 0 Å². The van der Waals surface area contributed by atoms with Gasteiger partial charge in [-0.25, -0.2) is 8.42 Å². The average molecular weight is 462 g/mol. The molecule has 0 aliphatic carbocycles. The predicted molar refractivity (Wildman–Crippen MR) is 118 cm³/mol. The summed E-state index contributed by atoms with van der Waals surface area (Å²) in [6.45, 7) is 2.81. The summed E-state index contributed by atoms with van der Waals surface area (Å²) < 4.78 is 37.8. The number of sulfonamides is 1. The van der Waals surface area contributed by atoms with Crippen LogP contribution in [-0.4, -0.2) is 76.5 Å². The van der Waals surface area contributed by atoms with Crippen molar-refractivity contribution in [3.8, 4) is 11.5 Å². The van der Waals surface area contributed by atoms with E-state index < -0.39 is 16.1 Å². The van der Waals surface area contributed by atoms with Crippen molar-refractivity contribution in [3.63, 3.8) is 0 Å². The van der Waals surface area contributed by atoms with Gasteiger partial charge in [-0.15, -0.1) is 0 Å². The van der Waals surface area contributed by atoms with E-state index in [9.17, 15) is 18.0 Å². The molecule has 0 unspecified atom stereocenters. The second-order valence-electron chi connectivity index (χ2n) is 7.37. The van der Waals surface area contributed by atoms with Gasteiger partial charge in [0.2, 0.25) is 15.9 Å². The molecule has 1 fully saturated rings. The number of rotatable bonds is 7. The largest absolute Gasteiger partial charge is 0.497 e. The molecule has 0 bridgehead atoms. The van der Waals surface area contributed by atoms with Crippen molar-refractivity contribution in [1.29, 1.82) is 0 Å². The topological polar surface area (TPSA) is 105 Å². The predicted octanol–water partition coefficient (Wildman–Crippen LogP) is 1.36. The summed E-state index contributed by atoms with van der Waals surface area (Å²) in [6.07, 6.45) is 0. The molecule has 1 aliphatic heterocycles. The van der Waals surface area contributed by atoms with E-state index in [1.807, 2.05) is 0 Å². The van der Waals surface area contributed by atoms with Gasteiger partial charge >= 0.3 is 0 Å². The van der Waals surface area contributed by atoms with Gasteiger partial charge in [0.15, 0.2) is 0 Å². The Labute approximate surface area is 188 Å². The SMILES string of the molecule is COc1cc(OC)cc(C(=O)N2CCN(C(=O)[C@H](C)NS(=O)(=O)c3ccccc3)CC2)c1. The molecule has 2 aromatic carbocycles. The fraction of sp³-hybridized carbons (Fsp3) is 0.364. The number of nitrogens with one attached hydrogen (secondary N) is 1. The van der Waals surface area contributed by atoms with Crippen molar-refractivity contribution in [3.05, 3.63) is 54.1 Å². The van der Waals surface area contributed by atoms with Crippen LogP contribution in [0.5, 0.6) is 11.5 Å². The number of ether oxygens (including phenoxy) is 2. The van der Waals surface area contributed by atoms with Crippen LogP contribution in [-0.2, 0) is 14.8 Å². The summed E-state index contributed by atoms with van der Waals surface area (Å²) in [5.41, 5.74) is 0.435. The van der Waals surface area contributed by atoms with E-state index in [1.165, 1.54) is 33.3 Å². The molecule has 1 aliphatic rings. The average Bonchev–Trinajstić information content (AvgIpc) is 2.83. The maximum Gasteiger partial charge on any atom is 0.254 e. The first kappa shape index (κ1) is 23.6. The number of carbonyl (C=O) groups is 2. The third kappa shape index (κ3) is 5.38. The number of nitrogens with zero attached hydrogens (tertiary/aromatic N) is 2. The lowest BCUT2D eigenvalue weighted by Gasteiger charge is -2.36. The Morgan fingerprint density at radius 2 is 1.44 bits per heavy atom. The highest BCUT2D eigenvalue weighted by atomic mass is 32.2. The van der Waals surface area contributed by atoms with Gasteiger partial charge in [0.1, 0.15) is 11.5 Å². The summed E-state index contributed by atoms with van der Waals surface area (Å²) >= 11 is 0.